The summed E-state index contributed by atoms with van der Waals surface area (Å²) in [5.41, 5.74) is 0.935. The number of rotatable bonds is 0. The SMILES string of the molecule is CC.O/N=C1/CCSC1. The molecule has 3 heteroatoms. The molecule has 1 heterocycles. The Morgan fingerprint density at radius 1 is 1.56 bits per heavy atom. The van der Waals surface area contributed by atoms with Crippen molar-refractivity contribution < 1.29 is 5.21 Å². The highest BCUT2D eigenvalue weighted by Gasteiger charge is 2.07. The van der Waals surface area contributed by atoms with Crippen LogP contribution in [0.4, 0.5) is 0 Å². The molecule has 0 aromatic heterocycles. The molecule has 0 aromatic rings. The van der Waals surface area contributed by atoms with Gasteiger partial charge >= 0.3 is 0 Å². The van der Waals surface area contributed by atoms with Gasteiger partial charge in [-0.2, -0.15) is 11.8 Å². The molecule has 1 N–H and O–H groups in total. The van der Waals surface area contributed by atoms with E-state index in [1.54, 1.807) is 0 Å². The van der Waals surface area contributed by atoms with E-state index in [0.29, 0.717) is 0 Å². The van der Waals surface area contributed by atoms with Crippen LogP contribution in [0.2, 0.25) is 0 Å². The number of thioether (sulfide) groups is 1. The summed E-state index contributed by atoms with van der Waals surface area (Å²) < 4.78 is 0. The maximum absolute atomic E-state index is 8.14. The van der Waals surface area contributed by atoms with Crippen molar-refractivity contribution in [3.63, 3.8) is 0 Å². The molecule has 0 unspecified atom stereocenters. The second-order valence-electron chi connectivity index (χ2n) is 1.47. The Hall–Kier alpha value is -0.180. The summed E-state index contributed by atoms with van der Waals surface area (Å²) in [5, 5.41) is 11.2. The van der Waals surface area contributed by atoms with Crippen molar-refractivity contribution >= 4 is 17.5 Å². The van der Waals surface area contributed by atoms with Crippen LogP contribution < -0.4 is 0 Å². The van der Waals surface area contributed by atoms with E-state index in [1.807, 2.05) is 25.6 Å². The Balaban J connectivity index is 0.000000291. The largest absolute Gasteiger partial charge is 0.411 e. The smallest absolute Gasteiger partial charge is 0.0677 e. The molecule has 0 spiro atoms. The molecule has 0 radical (unpaired) electrons. The Labute approximate surface area is 60.3 Å². The van der Waals surface area contributed by atoms with E-state index in [4.69, 9.17) is 5.21 Å². The average Bonchev–Trinajstić information content (AvgIpc) is 2.43. The van der Waals surface area contributed by atoms with E-state index in [9.17, 15) is 0 Å². The van der Waals surface area contributed by atoms with Gasteiger partial charge in [0.25, 0.3) is 0 Å². The van der Waals surface area contributed by atoms with Crippen LogP contribution in [-0.2, 0) is 0 Å². The molecule has 0 atom stereocenters. The van der Waals surface area contributed by atoms with E-state index in [2.05, 4.69) is 5.16 Å². The highest BCUT2D eigenvalue weighted by molar-refractivity contribution is 8.00. The van der Waals surface area contributed by atoms with E-state index < -0.39 is 0 Å². The molecule has 1 aliphatic rings. The zero-order valence-corrected chi connectivity index (χ0v) is 6.74. The van der Waals surface area contributed by atoms with E-state index in [1.165, 1.54) is 0 Å². The number of oxime groups is 1. The molecule has 1 fully saturated rings. The molecule has 0 amide bonds. The van der Waals surface area contributed by atoms with Gasteiger partial charge in [0.2, 0.25) is 0 Å². The van der Waals surface area contributed by atoms with Gasteiger partial charge < -0.3 is 5.21 Å². The lowest BCUT2D eigenvalue weighted by Gasteiger charge is -1.81. The van der Waals surface area contributed by atoms with Gasteiger partial charge in [-0.25, -0.2) is 0 Å². The zero-order chi connectivity index (χ0) is 7.11. The Bertz CT molecular complexity index is 85.1. The van der Waals surface area contributed by atoms with Gasteiger partial charge in [-0.15, -0.1) is 0 Å². The average molecular weight is 147 g/mol. The summed E-state index contributed by atoms with van der Waals surface area (Å²) in [5.74, 6) is 2.05. The van der Waals surface area contributed by atoms with Crippen LogP contribution in [0, 0.1) is 0 Å². The first-order chi connectivity index (χ1) is 4.43. The third kappa shape index (κ3) is 3.40. The molecule has 0 aromatic carbocycles. The first-order valence-corrected chi connectivity index (χ1v) is 4.36. The van der Waals surface area contributed by atoms with Crippen molar-refractivity contribution in [2.24, 2.45) is 5.16 Å². The number of nitrogens with zero attached hydrogens (tertiary/aromatic N) is 1. The molecular formula is C6H13NOS. The third-order valence-corrected chi connectivity index (χ3v) is 1.98. The number of hydrogen-bond acceptors (Lipinski definition) is 3. The number of hydrogen-bond donors (Lipinski definition) is 1. The molecule has 9 heavy (non-hydrogen) atoms. The minimum Gasteiger partial charge on any atom is -0.411 e. The second-order valence-corrected chi connectivity index (χ2v) is 2.57. The normalized spacial score (nSPS) is 21.3. The second kappa shape index (κ2) is 5.95. The quantitative estimate of drug-likeness (QED) is 0.420. The molecule has 1 aliphatic heterocycles. The first-order valence-electron chi connectivity index (χ1n) is 3.21. The van der Waals surface area contributed by atoms with Crippen LogP contribution >= 0.6 is 11.8 Å². The summed E-state index contributed by atoms with van der Waals surface area (Å²) in [6.45, 7) is 4.00. The molecule has 0 saturated carbocycles. The van der Waals surface area contributed by atoms with E-state index >= 15 is 0 Å². The van der Waals surface area contributed by atoms with Crippen molar-refractivity contribution in [2.75, 3.05) is 11.5 Å². The first kappa shape index (κ1) is 8.82. The Kier molecular flexibility index (Phi) is 5.83. The lowest BCUT2D eigenvalue weighted by Crippen LogP contribution is -1.91. The fourth-order valence-electron chi connectivity index (χ4n) is 0.531. The topological polar surface area (TPSA) is 32.6 Å². The van der Waals surface area contributed by atoms with Gasteiger partial charge in [-0.3, -0.25) is 0 Å². The van der Waals surface area contributed by atoms with Crippen LogP contribution in [0.15, 0.2) is 5.16 Å². The maximum atomic E-state index is 8.14. The van der Waals surface area contributed by atoms with Gasteiger partial charge in [-0.05, 0) is 12.2 Å². The highest BCUT2D eigenvalue weighted by Crippen LogP contribution is 2.13. The maximum Gasteiger partial charge on any atom is 0.0677 e. The molecule has 0 bridgehead atoms. The summed E-state index contributed by atoms with van der Waals surface area (Å²) in [6.07, 6.45) is 0.973. The summed E-state index contributed by atoms with van der Waals surface area (Å²) in [6, 6.07) is 0. The Morgan fingerprint density at radius 3 is 2.44 bits per heavy atom. The molecule has 1 rings (SSSR count). The molecule has 0 aliphatic carbocycles. The molecule has 54 valence electrons. The molecule has 2 nitrogen and oxygen atoms in total. The van der Waals surface area contributed by atoms with Crippen molar-refractivity contribution in [1.29, 1.82) is 0 Å². The van der Waals surface area contributed by atoms with E-state index in [0.717, 1.165) is 23.6 Å². The zero-order valence-electron chi connectivity index (χ0n) is 5.92. The monoisotopic (exact) mass is 147 g/mol. The lowest BCUT2D eigenvalue weighted by atomic mass is 10.3. The van der Waals surface area contributed by atoms with Crippen LogP contribution in [0.25, 0.3) is 0 Å². The Morgan fingerprint density at radius 2 is 2.22 bits per heavy atom. The van der Waals surface area contributed by atoms with Gasteiger partial charge in [0.05, 0.1) is 5.71 Å². The van der Waals surface area contributed by atoms with Crippen LogP contribution in [0.3, 0.4) is 0 Å². The summed E-state index contributed by atoms with van der Waals surface area (Å²) >= 11 is 1.82. The highest BCUT2D eigenvalue weighted by atomic mass is 32.2. The third-order valence-electron chi connectivity index (χ3n) is 0.945. The van der Waals surface area contributed by atoms with Crippen LogP contribution in [-0.4, -0.2) is 22.4 Å². The predicted octanol–water partition coefficient (Wildman–Crippen LogP) is 1.98. The standard InChI is InChI=1S/C4H7NOS.C2H6/c6-5-4-1-2-7-3-4;1-2/h6H,1-3H2;1-2H3/b5-4-;. The van der Waals surface area contributed by atoms with Crippen LogP contribution in [0.5, 0.6) is 0 Å². The van der Waals surface area contributed by atoms with Crippen molar-refractivity contribution in [2.45, 2.75) is 20.3 Å². The van der Waals surface area contributed by atoms with Gasteiger partial charge in [-0.1, -0.05) is 19.0 Å². The summed E-state index contributed by atoms with van der Waals surface area (Å²) in [4.78, 5) is 0. The summed E-state index contributed by atoms with van der Waals surface area (Å²) in [7, 11) is 0. The molecule has 1 saturated heterocycles. The fourth-order valence-corrected chi connectivity index (χ4v) is 1.49. The van der Waals surface area contributed by atoms with Gasteiger partial charge in [0.15, 0.2) is 0 Å². The van der Waals surface area contributed by atoms with Gasteiger partial charge in [0.1, 0.15) is 0 Å². The van der Waals surface area contributed by atoms with E-state index in [-0.39, 0.29) is 0 Å². The van der Waals surface area contributed by atoms with Crippen LogP contribution in [0.1, 0.15) is 20.3 Å². The predicted molar refractivity (Wildman–Crippen MR) is 42.5 cm³/mol. The fraction of sp³-hybridized carbons (Fsp3) is 0.833. The molecular weight excluding hydrogens is 134 g/mol. The minimum absolute atomic E-state index is 0.927. The lowest BCUT2D eigenvalue weighted by molar-refractivity contribution is 0.318. The minimum atomic E-state index is 0.927. The van der Waals surface area contributed by atoms with Crippen molar-refractivity contribution in [3.05, 3.63) is 0 Å². The van der Waals surface area contributed by atoms with Crippen molar-refractivity contribution in [1.82, 2.24) is 0 Å². The van der Waals surface area contributed by atoms with Crippen molar-refractivity contribution in [3.8, 4) is 0 Å². The van der Waals surface area contributed by atoms with Gasteiger partial charge in [0, 0.05) is 5.75 Å².